The summed E-state index contributed by atoms with van der Waals surface area (Å²) in [5, 5.41) is 8.99. The standard InChI is InChI=1S/C26H31N7O3/c1-16(2)33-26(28-18(4)30-33)22-14-31-8-9-36-24-10-19(6-7-21(24)25(31)29-22)20-11-27-32(13-20)12-17(3)23(34)15-35-5/h6-7,10-11,13-14,16-17H,8-9,12,15H2,1-5H3. The summed E-state index contributed by atoms with van der Waals surface area (Å²) < 4.78 is 16.9. The van der Waals surface area contributed by atoms with Crippen molar-refractivity contribution in [1.82, 2.24) is 34.1 Å². The van der Waals surface area contributed by atoms with Gasteiger partial charge in [0.2, 0.25) is 0 Å². The summed E-state index contributed by atoms with van der Waals surface area (Å²) in [4.78, 5) is 21.6. The number of aryl methyl sites for hydroxylation is 1. The average molecular weight is 490 g/mol. The Balaban J connectivity index is 1.43. The summed E-state index contributed by atoms with van der Waals surface area (Å²) in [6.07, 6.45) is 5.79. The van der Waals surface area contributed by atoms with Crippen LogP contribution in [0.2, 0.25) is 0 Å². The fourth-order valence-corrected chi connectivity index (χ4v) is 4.41. The van der Waals surface area contributed by atoms with Gasteiger partial charge in [-0.2, -0.15) is 10.2 Å². The van der Waals surface area contributed by atoms with Gasteiger partial charge in [0, 0.05) is 37.0 Å². The molecule has 0 spiro atoms. The zero-order valence-corrected chi connectivity index (χ0v) is 21.3. The summed E-state index contributed by atoms with van der Waals surface area (Å²) in [6.45, 7) is 9.80. The van der Waals surface area contributed by atoms with Crippen LogP contribution in [0.3, 0.4) is 0 Å². The summed E-state index contributed by atoms with van der Waals surface area (Å²) in [5.74, 6) is 3.01. The van der Waals surface area contributed by atoms with Gasteiger partial charge < -0.3 is 14.0 Å². The predicted molar refractivity (Wildman–Crippen MR) is 135 cm³/mol. The molecule has 0 saturated carbocycles. The minimum absolute atomic E-state index is 0.0599. The number of aromatic nitrogens is 7. The lowest BCUT2D eigenvalue weighted by Gasteiger charge is -2.10. The van der Waals surface area contributed by atoms with E-state index in [0.29, 0.717) is 19.7 Å². The molecule has 10 heteroatoms. The molecule has 5 rings (SSSR count). The van der Waals surface area contributed by atoms with Crippen molar-refractivity contribution in [3.63, 3.8) is 0 Å². The number of benzene rings is 1. The lowest BCUT2D eigenvalue weighted by atomic mass is 10.1. The molecule has 188 valence electrons. The fraction of sp³-hybridized carbons (Fsp3) is 0.423. The number of carbonyl (C=O) groups excluding carboxylic acids is 1. The monoisotopic (exact) mass is 489 g/mol. The van der Waals surface area contributed by atoms with Gasteiger partial charge in [0.1, 0.15) is 36.3 Å². The van der Waals surface area contributed by atoms with Crippen molar-refractivity contribution in [3.05, 3.63) is 42.6 Å². The Morgan fingerprint density at radius 2 is 1.97 bits per heavy atom. The van der Waals surface area contributed by atoms with Crippen molar-refractivity contribution in [1.29, 1.82) is 0 Å². The van der Waals surface area contributed by atoms with Crippen LogP contribution in [0.4, 0.5) is 0 Å². The van der Waals surface area contributed by atoms with E-state index in [2.05, 4.69) is 33.6 Å². The van der Waals surface area contributed by atoms with Crippen LogP contribution in [-0.4, -0.2) is 60.2 Å². The maximum Gasteiger partial charge on any atom is 0.178 e. The second-order valence-corrected chi connectivity index (χ2v) is 9.47. The second-order valence-electron chi connectivity index (χ2n) is 9.47. The number of fused-ring (bicyclic) bond motifs is 3. The van der Waals surface area contributed by atoms with Gasteiger partial charge in [0.15, 0.2) is 11.6 Å². The number of ketones is 1. The Bertz CT molecular complexity index is 1400. The third-order valence-corrected chi connectivity index (χ3v) is 6.31. The number of Topliss-reactive ketones (excluding diaryl/α,β-unsaturated/α-hetero) is 1. The highest BCUT2D eigenvalue weighted by Crippen LogP contribution is 2.37. The molecule has 0 amide bonds. The molecule has 10 nitrogen and oxygen atoms in total. The van der Waals surface area contributed by atoms with E-state index >= 15 is 0 Å². The van der Waals surface area contributed by atoms with E-state index in [0.717, 1.165) is 45.6 Å². The van der Waals surface area contributed by atoms with Crippen LogP contribution in [0.25, 0.3) is 34.0 Å². The lowest BCUT2D eigenvalue weighted by Crippen LogP contribution is -2.21. The predicted octanol–water partition coefficient (Wildman–Crippen LogP) is 3.81. The highest BCUT2D eigenvalue weighted by molar-refractivity contribution is 5.81. The molecule has 36 heavy (non-hydrogen) atoms. The number of imidazole rings is 1. The van der Waals surface area contributed by atoms with Crippen molar-refractivity contribution in [3.8, 4) is 39.8 Å². The summed E-state index contributed by atoms with van der Waals surface area (Å²) >= 11 is 0. The maximum atomic E-state index is 12.1. The first-order chi connectivity index (χ1) is 17.3. The Labute approximate surface area is 209 Å². The number of carbonyl (C=O) groups is 1. The molecule has 0 saturated heterocycles. The first kappa shape index (κ1) is 23.9. The van der Waals surface area contributed by atoms with Gasteiger partial charge in [-0.05, 0) is 38.5 Å². The fourth-order valence-electron chi connectivity index (χ4n) is 4.41. The number of nitrogens with zero attached hydrogens (tertiary/aromatic N) is 7. The highest BCUT2D eigenvalue weighted by atomic mass is 16.5. The van der Waals surface area contributed by atoms with E-state index in [1.807, 2.05) is 55.3 Å². The van der Waals surface area contributed by atoms with Crippen molar-refractivity contribution < 1.29 is 14.3 Å². The molecule has 0 aliphatic carbocycles. The van der Waals surface area contributed by atoms with Gasteiger partial charge >= 0.3 is 0 Å². The van der Waals surface area contributed by atoms with Crippen LogP contribution in [0.1, 0.15) is 32.6 Å². The molecule has 4 aromatic rings. The SMILES string of the molecule is COCC(=O)C(C)Cn1cc(-c2ccc3c(c2)OCCn2cc(-c4nc(C)nn4C(C)C)nc2-3)cn1. The Morgan fingerprint density at radius 1 is 1.14 bits per heavy atom. The third kappa shape index (κ3) is 4.56. The van der Waals surface area contributed by atoms with E-state index in [4.69, 9.17) is 14.5 Å². The summed E-state index contributed by atoms with van der Waals surface area (Å²) in [5.41, 5.74) is 3.68. The first-order valence-electron chi connectivity index (χ1n) is 12.2. The topological polar surface area (TPSA) is 102 Å². The van der Waals surface area contributed by atoms with Crippen LogP contribution in [0.15, 0.2) is 36.8 Å². The lowest BCUT2D eigenvalue weighted by molar-refractivity contribution is -0.126. The number of methoxy groups -OCH3 is 1. The zero-order chi connectivity index (χ0) is 25.4. The zero-order valence-electron chi connectivity index (χ0n) is 21.3. The van der Waals surface area contributed by atoms with E-state index in [9.17, 15) is 4.79 Å². The molecule has 3 aromatic heterocycles. The van der Waals surface area contributed by atoms with Gasteiger partial charge in [0.25, 0.3) is 0 Å². The largest absolute Gasteiger partial charge is 0.491 e. The maximum absolute atomic E-state index is 12.1. The third-order valence-electron chi connectivity index (χ3n) is 6.31. The molecule has 1 aliphatic heterocycles. The molecular formula is C26H31N7O3. The molecule has 1 aliphatic rings. The van der Waals surface area contributed by atoms with Crippen molar-refractivity contribution in [2.45, 2.75) is 46.8 Å². The molecule has 0 fully saturated rings. The van der Waals surface area contributed by atoms with Crippen LogP contribution < -0.4 is 4.74 Å². The van der Waals surface area contributed by atoms with Crippen LogP contribution in [-0.2, 0) is 22.6 Å². The van der Waals surface area contributed by atoms with Crippen LogP contribution in [0.5, 0.6) is 5.75 Å². The number of hydrogen-bond acceptors (Lipinski definition) is 7. The highest BCUT2D eigenvalue weighted by Gasteiger charge is 2.23. The molecular weight excluding hydrogens is 458 g/mol. The van der Waals surface area contributed by atoms with Crippen LogP contribution in [0, 0.1) is 12.8 Å². The first-order valence-corrected chi connectivity index (χ1v) is 12.2. The smallest absolute Gasteiger partial charge is 0.178 e. The second kappa shape index (κ2) is 9.69. The Morgan fingerprint density at radius 3 is 2.75 bits per heavy atom. The van der Waals surface area contributed by atoms with E-state index < -0.39 is 0 Å². The van der Waals surface area contributed by atoms with E-state index in [1.165, 1.54) is 7.11 Å². The minimum Gasteiger partial charge on any atom is -0.491 e. The number of ether oxygens (including phenoxy) is 2. The Hall–Kier alpha value is -3.79. The van der Waals surface area contributed by atoms with Gasteiger partial charge in [-0.25, -0.2) is 14.6 Å². The van der Waals surface area contributed by atoms with Crippen LogP contribution >= 0.6 is 0 Å². The van der Waals surface area contributed by atoms with Gasteiger partial charge in [-0.3, -0.25) is 9.48 Å². The summed E-state index contributed by atoms with van der Waals surface area (Å²) in [6, 6.07) is 6.30. The molecule has 1 atom stereocenters. The normalized spacial score (nSPS) is 13.7. The molecule has 0 bridgehead atoms. The van der Waals surface area contributed by atoms with Crippen molar-refractivity contribution in [2.75, 3.05) is 20.3 Å². The van der Waals surface area contributed by atoms with Gasteiger partial charge in [0.05, 0.1) is 24.8 Å². The Kier molecular flexibility index (Phi) is 6.44. The van der Waals surface area contributed by atoms with Gasteiger partial charge in [-0.1, -0.05) is 13.0 Å². The molecule has 4 heterocycles. The van der Waals surface area contributed by atoms with E-state index in [-0.39, 0.29) is 24.3 Å². The van der Waals surface area contributed by atoms with Crippen molar-refractivity contribution in [2.24, 2.45) is 5.92 Å². The number of rotatable bonds is 8. The molecule has 1 unspecified atom stereocenters. The van der Waals surface area contributed by atoms with Gasteiger partial charge in [-0.15, -0.1) is 0 Å². The quantitative estimate of drug-likeness (QED) is 0.371. The molecule has 0 radical (unpaired) electrons. The minimum atomic E-state index is -0.175. The van der Waals surface area contributed by atoms with E-state index in [1.54, 1.807) is 4.68 Å². The summed E-state index contributed by atoms with van der Waals surface area (Å²) in [7, 11) is 1.53. The molecule has 0 N–H and O–H groups in total. The average Bonchev–Trinajstić information content (AvgIpc) is 3.56. The van der Waals surface area contributed by atoms with Crippen molar-refractivity contribution >= 4 is 5.78 Å². The molecule has 1 aromatic carbocycles. The number of hydrogen-bond donors (Lipinski definition) is 0.